The second-order valence-electron chi connectivity index (χ2n) is 8.63. The fourth-order valence-electron chi connectivity index (χ4n) is 4.32. The summed E-state index contributed by atoms with van der Waals surface area (Å²) in [5, 5.41) is 1.16. The second kappa shape index (κ2) is 9.48. The highest BCUT2D eigenvalue weighted by molar-refractivity contribution is 7.92. The number of halogens is 2. The molecule has 0 spiro atoms. The molecule has 0 saturated carbocycles. The molecule has 0 radical (unpaired) electrons. The van der Waals surface area contributed by atoms with Crippen molar-refractivity contribution >= 4 is 64.5 Å². The normalized spacial score (nSPS) is 16.6. The smallest absolute Gasteiger partial charge is 0.250 e. The molecule has 1 fully saturated rings. The molecule has 0 bridgehead atoms. The summed E-state index contributed by atoms with van der Waals surface area (Å²) >= 11 is 7.05. The van der Waals surface area contributed by atoms with Crippen molar-refractivity contribution < 1.29 is 26.0 Å². The summed E-state index contributed by atoms with van der Waals surface area (Å²) in [7, 11) is -7.55. The summed E-state index contributed by atoms with van der Waals surface area (Å²) in [5.41, 5.74) is 0.679. The quantitative estimate of drug-likeness (QED) is 0.353. The van der Waals surface area contributed by atoms with E-state index in [-0.39, 0.29) is 27.8 Å². The fraction of sp³-hybridized carbons (Fsp3) is 0.160. The van der Waals surface area contributed by atoms with E-state index in [0.29, 0.717) is 21.5 Å². The Morgan fingerprint density at radius 3 is 2.51 bits per heavy atom. The fourth-order valence-corrected chi connectivity index (χ4v) is 8.03. The lowest BCUT2D eigenvalue weighted by molar-refractivity contribution is -0.118. The van der Waals surface area contributed by atoms with Gasteiger partial charge in [-0.15, -0.1) is 11.3 Å². The van der Waals surface area contributed by atoms with Crippen molar-refractivity contribution in [2.75, 3.05) is 17.7 Å². The van der Waals surface area contributed by atoms with Gasteiger partial charge in [0.1, 0.15) is 16.1 Å². The largest absolute Gasteiger partial charge is 0.308 e. The summed E-state index contributed by atoms with van der Waals surface area (Å²) in [6.07, 6.45) is 1.24. The van der Waals surface area contributed by atoms with E-state index in [1.54, 1.807) is 36.4 Å². The van der Waals surface area contributed by atoms with Gasteiger partial charge < -0.3 is 4.90 Å². The zero-order chi connectivity index (χ0) is 26.5. The van der Waals surface area contributed by atoms with Crippen LogP contribution < -0.4 is 9.62 Å². The molecular weight excluding hydrogens is 559 g/mol. The molecule has 1 saturated heterocycles. The maximum atomic E-state index is 15.2. The van der Waals surface area contributed by atoms with Crippen LogP contribution in [0.25, 0.3) is 21.2 Å². The Morgan fingerprint density at radius 2 is 1.78 bits per heavy atom. The summed E-state index contributed by atoms with van der Waals surface area (Å²) < 4.78 is 68.7. The number of rotatable bonds is 6. The molecule has 3 aromatic carbocycles. The van der Waals surface area contributed by atoms with Crippen molar-refractivity contribution in [2.24, 2.45) is 0 Å². The highest BCUT2D eigenvalue weighted by Gasteiger charge is 2.37. The Balaban J connectivity index is 1.38. The Kier molecular flexibility index (Phi) is 6.61. The first-order valence-electron chi connectivity index (χ1n) is 11.1. The van der Waals surface area contributed by atoms with Crippen LogP contribution in [0.5, 0.6) is 0 Å². The van der Waals surface area contributed by atoms with Crippen LogP contribution in [0.1, 0.15) is 6.42 Å². The van der Waals surface area contributed by atoms with Crippen LogP contribution in [-0.2, 0) is 24.7 Å². The Hall–Kier alpha value is -2.83. The molecule has 1 unspecified atom stereocenters. The molecule has 1 aliphatic rings. The number of carbonyl (C=O) groups is 1. The van der Waals surface area contributed by atoms with E-state index in [4.69, 9.17) is 11.6 Å². The lowest BCUT2D eigenvalue weighted by atomic mass is 10.0. The molecule has 1 atom stereocenters. The second-order valence-corrected chi connectivity index (χ2v) is 14.1. The van der Waals surface area contributed by atoms with Crippen LogP contribution in [0.3, 0.4) is 0 Å². The van der Waals surface area contributed by atoms with E-state index in [1.807, 2.05) is 0 Å². The van der Waals surface area contributed by atoms with Gasteiger partial charge in [-0.1, -0.05) is 35.9 Å². The van der Waals surface area contributed by atoms with Gasteiger partial charge >= 0.3 is 0 Å². The molecule has 1 aromatic heterocycles. The third-order valence-corrected chi connectivity index (χ3v) is 10.5. The minimum absolute atomic E-state index is 0.0104. The number of anilines is 1. The lowest BCUT2D eigenvalue weighted by Gasteiger charge is -2.19. The number of carbonyl (C=O) groups excluding carboxylic acids is 1. The van der Waals surface area contributed by atoms with E-state index in [0.717, 1.165) is 22.3 Å². The van der Waals surface area contributed by atoms with E-state index in [1.165, 1.54) is 35.2 Å². The van der Waals surface area contributed by atoms with E-state index >= 15 is 4.39 Å². The van der Waals surface area contributed by atoms with Gasteiger partial charge in [0.2, 0.25) is 5.91 Å². The van der Waals surface area contributed by atoms with Crippen LogP contribution in [0.15, 0.2) is 75.8 Å². The first-order chi connectivity index (χ1) is 17.4. The van der Waals surface area contributed by atoms with Gasteiger partial charge in [-0.3, -0.25) is 4.79 Å². The summed E-state index contributed by atoms with van der Waals surface area (Å²) in [4.78, 5) is 14.3. The number of fused-ring (bicyclic) bond motifs is 1. The van der Waals surface area contributed by atoms with Gasteiger partial charge in [-0.25, -0.2) is 21.2 Å². The number of thiophene rings is 1. The van der Waals surface area contributed by atoms with Crippen LogP contribution in [0.2, 0.25) is 5.02 Å². The van der Waals surface area contributed by atoms with Crippen LogP contribution in [-0.4, -0.2) is 41.6 Å². The van der Waals surface area contributed by atoms with Crippen molar-refractivity contribution in [2.45, 2.75) is 21.6 Å². The SMILES string of the molecule is CS(=O)(=O)c1ccccc1-c1ccc(N2CCC(NS(=O)(=O)c3cc4cc(Cl)ccc4s3)C2=O)c(F)c1. The minimum atomic E-state index is -4.00. The van der Waals surface area contributed by atoms with Crippen LogP contribution >= 0.6 is 22.9 Å². The summed E-state index contributed by atoms with van der Waals surface area (Å²) in [6, 6.07) is 15.9. The first-order valence-corrected chi connectivity index (χ1v) is 15.6. The van der Waals surface area contributed by atoms with E-state index in [2.05, 4.69) is 4.72 Å². The summed E-state index contributed by atoms with van der Waals surface area (Å²) in [6.45, 7) is 0.115. The van der Waals surface area contributed by atoms with Gasteiger partial charge in [-0.05, 0) is 59.8 Å². The topological polar surface area (TPSA) is 101 Å². The molecule has 37 heavy (non-hydrogen) atoms. The molecule has 12 heteroatoms. The monoisotopic (exact) mass is 578 g/mol. The van der Waals surface area contributed by atoms with Gasteiger partial charge in [0.05, 0.1) is 10.6 Å². The number of hydrogen-bond donors (Lipinski definition) is 1. The predicted octanol–water partition coefficient (Wildman–Crippen LogP) is 4.85. The molecule has 0 aliphatic carbocycles. The number of amides is 1. The summed E-state index contributed by atoms with van der Waals surface area (Å²) in [5.74, 6) is -1.30. The average molecular weight is 579 g/mol. The maximum absolute atomic E-state index is 15.2. The molecule has 2 heterocycles. The number of hydrogen-bond acceptors (Lipinski definition) is 6. The third kappa shape index (κ3) is 5.01. The molecule has 192 valence electrons. The number of sulfonamides is 1. The van der Waals surface area contributed by atoms with Crippen molar-refractivity contribution in [1.29, 1.82) is 0 Å². The number of nitrogens with one attached hydrogen (secondary N) is 1. The van der Waals surface area contributed by atoms with Gasteiger partial charge in [-0.2, -0.15) is 4.72 Å². The van der Waals surface area contributed by atoms with E-state index < -0.39 is 37.6 Å². The van der Waals surface area contributed by atoms with Crippen molar-refractivity contribution in [3.05, 3.63) is 77.6 Å². The lowest BCUT2D eigenvalue weighted by Crippen LogP contribution is -2.41. The molecule has 1 amide bonds. The number of sulfone groups is 1. The molecular formula is C25H20ClFN2O5S3. The highest BCUT2D eigenvalue weighted by atomic mass is 35.5. The first kappa shape index (κ1) is 25.8. The zero-order valence-electron chi connectivity index (χ0n) is 19.3. The van der Waals surface area contributed by atoms with Crippen LogP contribution in [0, 0.1) is 5.82 Å². The zero-order valence-corrected chi connectivity index (χ0v) is 22.5. The Morgan fingerprint density at radius 1 is 1.03 bits per heavy atom. The minimum Gasteiger partial charge on any atom is -0.308 e. The number of benzene rings is 3. The molecule has 7 nitrogen and oxygen atoms in total. The molecule has 5 rings (SSSR count). The van der Waals surface area contributed by atoms with Crippen LogP contribution in [0.4, 0.5) is 10.1 Å². The number of nitrogens with zero attached hydrogens (tertiary/aromatic N) is 1. The highest BCUT2D eigenvalue weighted by Crippen LogP contribution is 2.34. The Labute approximate surface area is 222 Å². The van der Waals surface area contributed by atoms with E-state index in [9.17, 15) is 21.6 Å². The molecule has 4 aromatic rings. The van der Waals surface area contributed by atoms with Crippen molar-refractivity contribution in [3.8, 4) is 11.1 Å². The van der Waals surface area contributed by atoms with Gasteiger partial charge in [0.15, 0.2) is 9.84 Å². The van der Waals surface area contributed by atoms with Crippen molar-refractivity contribution in [1.82, 2.24) is 4.72 Å². The third-order valence-electron chi connectivity index (χ3n) is 6.06. The predicted molar refractivity (Wildman–Crippen MR) is 143 cm³/mol. The Bertz CT molecular complexity index is 1770. The van der Waals surface area contributed by atoms with Gasteiger partial charge in [0, 0.05) is 28.1 Å². The maximum Gasteiger partial charge on any atom is 0.250 e. The standard InChI is InChI=1S/C25H20ClFN2O5S3/c1-36(31,32)23-5-3-2-4-18(23)15-6-8-21(19(27)13-15)29-11-10-20(25(29)30)28-37(33,34)24-14-16-12-17(26)7-9-22(16)35-24/h2-9,12-14,20,28H,10-11H2,1H3. The van der Waals surface area contributed by atoms with Gasteiger partial charge in [0.25, 0.3) is 10.0 Å². The van der Waals surface area contributed by atoms with Crippen molar-refractivity contribution in [3.63, 3.8) is 0 Å². The average Bonchev–Trinajstić information content (AvgIpc) is 3.42. The molecule has 1 N–H and O–H groups in total. The molecule has 1 aliphatic heterocycles.